The Morgan fingerprint density at radius 2 is 2.10 bits per heavy atom. The average Bonchev–Trinajstić information content (AvgIpc) is 2.36. The quantitative estimate of drug-likeness (QED) is 0.641. The summed E-state index contributed by atoms with van der Waals surface area (Å²) in [6.07, 6.45) is 0.303. The molecule has 0 aliphatic rings. The standard InChI is InChI=1S/C12H13ClN2O5/c1-14(6-2-3-11(16)17)12(18)8-4-5-10(15(19)20)9(13)7-8/h4-5,7H,2-3,6H2,1H3,(H,16,17). The van der Waals surface area contributed by atoms with Gasteiger partial charge >= 0.3 is 5.97 Å². The van der Waals surface area contributed by atoms with Gasteiger partial charge in [-0.3, -0.25) is 19.7 Å². The third-order valence-electron chi connectivity index (χ3n) is 2.62. The van der Waals surface area contributed by atoms with Crippen molar-refractivity contribution in [3.63, 3.8) is 0 Å². The lowest BCUT2D eigenvalue weighted by Crippen LogP contribution is -2.28. The molecule has 0 saturated carbocycles. The Balaban J connectivity index is 2.74. The number of amides is 1. The predicted molar refractivity (Wildman–Crippen MR) is 71.9 cm³/mol. The second-order valence-corrected chi connectivity index (χ2v) is 4.55. The average molecular weight is 301 g/mol. The Morgan fingerprint density at radius 3 is 2.60 bits per heavy atom. The molecule has 0 heterocycles. The van der Waals surface area contributed by atoms with Crippen molar-refractivity contribution in [2.75, 3.05) is 13.6 Å². The highest BCUT2D eigenvalue weighted by atomic mass is 35.5. The molecule has 0 aromatic heterocycles. The van der Waals surface area contributed by atoms with Gasteiger partial charge in [0, 0.05) is 31.6 Å². The second kappa shape index (κ2) is 6.85. The van der Waals surface area contributed by atoms with E-state index in [0.29, 0.717) is 6.42 Å². The number of carboxylic acids is 1. The summed E-state index contributed by atoms with van der Waals surface area (Å²) >= 11 is 5.73. The molecule has 0 unspecified atom stereocenters. The van der Waals surface area contributed by atoms with E-state index in [9.17, 15) is 19.7 Å². The number of halogens is 1. The van der Waals surface area contributed by atoms with Crippen LogP contribution in [0.4, 0.5) is 5.69 Å². The number of nitro groups is 1. The van der Waals surface area contributed by atoms with Crippen molar-refractivity contribution in [2.24, 2.45) is 0 Å². The Morgan fingerprint density at radius 1 is 1.45 bits per heavy atom. The SMILES string of the molecule is CN(CCCC(=O)O)C(=O)c1ccc([N+](=O)[O-])c(Cl)c1. The minimum absolute atomic E-state index is 0.0291. The third kappa shape index (κ3) is 4.20. The topological polar surface area (TPSA) is 101 Å². The first kappa shape index (κ1) is 15.9. The van der Waals surface area contributed by atoms with Gasteiger partial charge in [-0.25, -0.2) is 0 Å². The van der Waals surface area contributed by atoms with Crippen LogP contribution < -0.4 is 0 Å². The molecule has 1 N–H and O–H groups in total. The highest BCUT2D eigenvalue weighted by Crippen LogP contribution is 2.25. The van der Waals surface area contributed by atoms with E-state index >= 15 is 0 Å². The largest absolute Gasteiger partial charge is 0.481 e. The van der Waals surface area contributed by atoms with Gasteiger partial charge in [-0.15, -0.1) is 0 Å². The summed E-state index contributed by atoms with van der Waals surface area (Å²) in [5.41, 5.74) is -0.0461. The number of rotatable bonds is 6. The van der Waals surface area contributed by atoms with Crippen LogP contribution >= 0.6 is 11.6 Å². The van der Waals surface area contributed by atoms with Gasteiger partial charge in [0.25, 0.3) is 11.6 Å². The summed E-state index contributed by atoms with van der Waals surface area (Å²) in [7, 11) is 1.53. The van der Waals surface area contributed by atoms with Gasteiger partial charge in [-0.1, -0.05) is 11.6 Å². The molecule has 0 radical (unpaired) electrons. The third-order valence-corrected chi connectivity index (χ3v) is 2.92. The summed E-state index contributed by atoms with van der Waals surface area (Å²) in [5, 5.41) is 19.0. The summed E-state index contributed by atoms with van der Waals surface area (Å²) < 4.78 is 0. The predicted octanol–water partition coefficient (Wildman–Crippen LogP) is 2.18. The second-order valence-electron chi connectivity index (χ2n) is 4.15. The van der Waals surface area contributed by atoms with E-state index in [1.54, 1.807) is 0 Å². The lowest BCUT2D eigenvalue weighted by Gasteiger charge is -2.16. The molecule has 1 rings (SSSR count). The molecule has 108 valence electrons. The van der Waals surface area contributed by atoms with Gasteiger partial charge in [0.05, 0.1) is 4.92 Å². The summed E-state index contributed by atoms with van der Waals surface area (Å²) in [6, 6.07) is 3.72. The van der Waals surface area contributed by atoms with Crippen LogP contribution in [0.15, 0.2) is 18.2 Å². The molecule has 0 bridgehead atoms. The molecule has 8 heteroatoms. The number of carboxylic acid groups (broad SMARTS) is 1. The van der Waals surface area contributed by atoms with Crippen molar-refractivity contribution in [3.05, 3.63) is 38.9 Å². The normalized spacial score (nSPS) is 10.1. The maximum atomic E-state index is 12.0. The molecule has 0 spiro atoms. The minimum atomic E-state index is -0.927. The molecular weight excluding hydrogens is 288 g/mol. The van der Waals surface area contributed by atoms with E-state index in [2.05, 4.69) is 0 Å². The van der Waals surface area contributed by atoms with E-state index in [-0.39, 0.29) is 35.1 Å². The molecule has 7 nitrogen and oxygen atoms in total. The van der Waals surface area contributed by atoms with E-state index in [1.807, 2.05) is 0 Å². The number of nitrogens with zero attached hydrogens (tertiary/aromatic N) is 2. The van der Waals surface area contributed by atoms with Crippen LogP contribution in [0, 0.1) is 10.1 Å². The van der Waals surface area contributed by atoms with E-state index < -0.39 is 10.9 Å². The summed E-state index contributed by atoms with van der Waals surface area (Å²) in [6.45, 7) is 0.278. The molecule has 0 saturated heterocycles. The molecular formula is C12H13ClN2O5. The van der Waals surface area contributed by atoms with Crippen molar-refractivity contribution < 1.29 is 19.6 Å². The highest BCUT2D eigenvalue weighted by Gasteiger charge is 2.17. The van der Waals surface area contributed by atoms with Crippen molar-refractivity contribution >= 4 is 29.2 Å². The van der Waals surface area contributed by atoms with Crippen LogP contribution in [0.3, 0.4) is 0 Å². The first-order valence-electron chi connectivity index (χ1n) is 5.74. The minimum Gasteiger partial charge on any atom is -0.481 e. The van der Waals surface area contributed by atoms with Gasteiger partial charge in [0.2, 0.25) is 0 Å². The Bertz CT molecular complexity index is 547. The molecule has 1 aromatic carbocycles. The van der Waals surface area contributed by atoms with Gasteiger partial charge in [0.1, 0.15) is 5.02 Å². The van der Waals surface area contributed by atoms with Gasteiger partial charge in [0.15, 0.2) is 0 Å². The van der Waals surface area contributed by atoms with Gasteiger partial charge in [-0.2, -0.15) is 0 Å². The Labute approximate surface area is 119 Å². The van der Waals surface area contributed by atoms with Crippen molar-refractivity contribution in [1.82, 2.24) is 4.90 Å². The van der Waals surface area contributed by atoms with Crippen LogP contribution in [0.5, 0.6) is 0 Å². The van der Waals surface area contributed by atoms with Gasteiger partial charge in [-0.05, 0) is 18.6 Å². The van der Waals surface area contributed by atoms with Gasteiger partial charge < -0.3 is 10.0 Å². The highest BCUT2D eigenvalue weighted by molar-refractivity contribution is 6.33. The van der Waals surface area contributed by atoms with Crippen molar-refractivity contribution in [1.29, 1.82) is 0 Å². The van der Waals surface area contributed by atoms with Crippen molar-refractivity contribution in [3.8, 4) is 0 Å². The molecule has 1 amide bonds. The molecule has 0 fully saturated rings. The Hall–Kier alpha value is -2.15. The number of benzene rings is 1. The van der Waals surface area contributed by atoms with E-state index in [4.69, 9.17) is 16.7 Å². The number of hydrogen-bond acceptors (Lipinski definition) is 4. The summed E-state index contributed by atoms with van der Waals surface area (Å²) in [5.74, 6) is -1.29. The zero-order valence-corrected chi connectivity index (χ0v) is 11.5. The molecule has 20 heavy (non-hydrogen) atoms. The summed E-state index contributed by atoms with van der Waals surface area (Å²) in [4.78, 5) is 33.7. The molecule has 1 aromatic rings. The number of carbonyl (C=O) groups is 2. The van der Waals surface area contributed by atoms with Crippen LogP contribution in [-0.2, 0) is 4.79 Å². The zero-order chi connectivity index (χ0) is 15.3. The number of hydrogen-bond donors (Lipinski definition) is 1. The maximum Gasteiger partial charge on any atom is 0.303 e. The van der Waals surface area contributed by atoms with Crippen molar-refractivity contribution in [2.45, 2.75) is 12.8 Å². The first-order valence-corrected chi connectivity index (χ1v) is 6.12. The number of carbonyl (C=O) groups excluding carboxylic acids is 1. The molecule has 0 aliphatic heterocycles. The fourth-order valence-electron chi connectivity index (χ4n) is 1.58. The number of aliphatic carboxylic acids is 1. The van der Waals surface area contributed by atoms with Crippen LogP contribution in [0.1, 0.15) is 23.2 Å². The fourth-order valence-corrected chi connectivity index (χ4v) is 1.83. The monoisotopic (exact) mass is 300 g/mol. The zero-order valence-electron chi connectivity index (χ0n) is 10.7. The smallest absolute Gasteiger partial charge is 0.303 e. The maximum absolute atomic E-state index is 12.0. The van der Waals surface area contributed by atoms with Crippen LogP contribution in [-0.4, -0.2) is 40.4 Å². The molecule has 0 aliphatic carbocycles. The van der Waals surface area contributed by atoms with E-state index in [0.717, 1.165) is 0 Å². The van der Waals surface area contributed by atoms with E-state index in [1.165, 1.54) is 30.1 Å². The van der Waals surface area contributed by atoms with Crippen LogP contribution in [0.2, 0.25) is 5.02 Å². The number of nitro benzene ring substituents is 1. The molecule has 0 atom stereocenters. The lowest BCUT2D eigenvalue weighted by atomic mass is 10.1. The lowest BCUT2D eigenvalue weighted by molar-refractivity contribution is -0.384. The van der Waals surface area contributed by atoms with Crippen LogP contribution in [0.25, 0.3) is 0 Å². The fraction of sp³-hybridized carbons (Fsp3) is 0.333. The Kier molecular flexibility index (Phi) is 5.45. The first-order chi connectivity index (χ1) is 9.32.